The lowest BCUT2D eigenvalue weighted by atomic mass is 10.2. The highest BCUT2D eigenvalue weighted by Gasteiger charge is 2.21. The summed E-state index contributed by atoms with van der Waals surface area (Å²) in [6.45, 7) is 0. The lowest BCUT2D eigenvalue weighted by Gasteiger charge is -2.15. The molecule has 6 nitrogen and oxygen atoms in total. The molecule has 3 aromatic heterocycles. The molecule has 0 aliphatic rings. The van der Waals surface area contributed by atoms with E-state index in [2.05, 4.69) is 15.2 Å². The maximum Gasteiger partial charge on any atom is 0.270 e. The average molecular weight is 285 g/mol. The molecule has 0 unspecified atom stereocenters. The molecule has 3 rings (SSSR count). The number of anilines is 2. The third kappa shape index (κ3) is 1.97. The Morgan fingerprint density at radius 2 is 2.20 bits per heavy atom. The first-order valence-corrected chi connectivity index (χ1v) is 6.68. The van der Waals surface area contributed by atoms with Crippen molar-refractivity contribution in [2.45, 2.75) is 0 Å². The van der Waals surface area contributed by atoms with Crippen molar-refractivity contribution >= 4 is 38.8 Å². The Hall–Kier alpha value is -2.54. The molecule has 20 heavy (non-hydrogen) atoms. The van der Waals surface area contributed by atoms with E-state index in [0.717, 1.165) is 5.39 Å². The maximum absolute atomic E-state index is 12.5. The van der Waals surface area contributed by atoms with Gasteiger partial charge in [0.1, 0.15) is 9.71 Å². The van der Waals surface area contributed by atoms with Gasteiger partial charge >= 0.3 is 0 Å². The molecule has 0 fully saturated rings. The minimum atomic E-state index is -0.182. The van der Waals surface area contributed by atoms with Gasteiger partial charge in [-0.15, -0.1) is 16.4 Å². The van der Waals surface area contributed by atoms with Gasteiger partial charge in [0.25, 0.3) is 5.91 Å². The van der Waals surface area contributed by atoms with Gasteiger partial charge in [-0.05, 0) is 18.2 Å². The quantitative estimate of drug-likeness (QED) is 0.777. The van der Waals surface area contributed by atoms with E-state index in [-0.39, 0.29) is 5.91 Å². The van der Waals surface area contributed by atoms with Gasteiger partial charge < -0.3 is 10.6 Å². The Morgan fingerprint density at radius 1 is 1.35 bits per heavy atom. The summed E-state index contributed by atoms with van der Waals surface area (Å²) in [5, 5.41) is 8.54. The molecule has 100 valence electrons. The highest BCUT2D eigenvalue weighted by Crippen LogP contribution is 2.32. The summed E-state index contributed by atoms with van der Waals surface area (Å²) >= 11 is 1.24. The second-order valence-electron chi connectivity index (χ2n) is 4.17. The number of carbonyl (C=O) groups excluding carboxylic acids is 1. The number of nitrogens with two attached hydrogens (primary N) is 1. The minimum Gasteiger partial charge on any atom is -0.397 e. The summed E-state index contributed by atoms with van der Waals surface area (Å²) < 4.78 is 0. The molecule has 1 amide bonds. The van der Waals surface area contributed by atoms with Crippen LogP contribution in [0.4, 0.5) is 11.4 Å². The number of fused-ring (bicyclic) bond motifs is 1. The molecule has 0 atom stereocenters. The zero-order chi connectivity index (χ0) is 14.1. The number of nitrogen functional groups attached to an aromatic ring is 1. The molecule has 0 aliphatic heterocycles. The van der Waals surface area contributed by atoms with Crippen molar-refractivity contribution in [1.29, 1.82) is 0 Å². The molecular formula is C13H11N5OS. The first-order valence-electron chi connectivity index (χ1n) is 5.86. The van der Waals surface area contributed by atoms with E-state index in [9.17, 15) is 4.79 Å². The smallest absolute Gasteiger partial charge is 0.270 e. The number of aromatic nitrogens is 3. The van der Waals surface area contributed by atoms with E-state index in [1.165, 1.54) is 16.2 Å². The van der Waals surface area contributed by atoms with Crippen molar-refractivity contribution in [2.24, 2.45) is 0 Å². The molecule has 3 aromatic rings. The molecule has 0 aromatic carbocycles. The Morgan fingerprint density at radius 3 is 2.90 bits per heavy atom. The predicted molar refractivity (Wildman–Crippen MR) is 78.8 cm³/mol. The van der Waals surface area contributed by atoms with Crippen LogP contribution < -0.4 is 10.6 Å². The Balaban J connectivity index is 2.03. The fraction of sp³-hybridized carbons (Fsp3) is 0.0769. The number of amides is 1. The van der Waals surface area contributed by atoms with E-state index in [4.69, 9.17) is 5.73 Å². The molecule has 0 saturated heterocycles. The SMILES string of the molecule is CN(C(=O)c1sc2nnccc2c1N)c1cccnc1. The van der Waals surface area contributed by atoms with Gasteiger partial charge in [0.2, 0.25) is 0 Å². The normalized spacial score (nSPS) is 10.7. The van der Waals surface area contributed by atoms with Crippen LogP contribution in [-0.4, -0.2) is 28.1 Å². The minimum absolute atomic E-state index is 0.182. The molecular weight excluding hydrogens is 274 g/mol. The van der Waals surface area contributed by atoms with Gasteiger partial charge in [-0.25, -0.2) is 0 Å². The van der Waals surface area contributed by atoms with Crippen LogP contribution in [-0.2, 0) is 0 Å². The number of nitrogens with zero attached hydrogens (tertiary/aromatic N) is 4. The van der Waals surface area contributed by atoms with Crippen molar-refractivity contribution in [3.05, 3.63) is 41.7 Å². The van der Waals surface area contributed by atoms with Gasteiger partial charge in [-0.1, -0.05) is 0 Å². The molecule has 0 bridgehead atoms. The third-order valence-electron chi connectivity index (χ3n) is 2.95. The van der Waals surface area contributed by atoms with Crippen LogP contribution in [0.2, 0.25) is 0 Å². The Labute approximate surface area is 118 Å². The van der Waals surface area contributed by atoms with Gasteiger partial charge in [-0.2, -0.15) is 5.10 Å². The summed E-state index contributed by atoms with van der Waals surface area (Å²) in [6, 6.07) is 5.35. The van der Waals surface area contributed by atoms with Crippen LogP contribution in [0.25, 0.3) is 10.2 Å². The van der Waals surface area contributed by atoms with E-state index in [1.54, 1.807) is 37.8 Å². The summed E-state index contributed by atoms with van der Waals surface area (Å²) in [5.41, 5.74) is 7.19. The number of hydrogen-bond acceptors (Lipinski definition) is 6. The van der Waals surface area contributed by atoms with E-state index < -0.39 is 0 Å². The Kier molecular flexibility index (Phi) is 3.03. The number of carbonyl (C=O) groups is 1. The van der Waals surface area contributed by atoms with Crippen LogP contribution in [0.5, 0.6) is 0 Å². The number of rotatable bonds is 2. The number of hydrogen-bond donors (Lipinski definition) is 1. The van der Waals surface area contributed by atoms with Crippen molar-refractivity contribution in [1.82, 2.24) is 15.2 Å². The van der Waals surface area contributed by atoms with Crippen LogP contribution in [0.3, 0.4) is 0 Å². The molecule has 0 spiro atoms. The zero-order valence-electron chi connectivity index (χ0n) is 10.6. The fourth-order valence-corrected chi connectivity index (χ4v) is 2.87. The number of pyridine rings is 1. The maximum atomic E-state index is 12.5. The van der Waals surface area contributed by atoms with Crippen molar-refractivity contribution in [2.75, 3.05) is 17.7 Å². The fourth-order valence-electron chi connectivity index (χ4n) is 1.85. The summed E-state index contributed by atoms with van der Waals surface area (Å²) in [7, 11) is 1.69. The largest absolute Gasteiger partial charge is 0.397 e. The Bertz CT molecular complexity index is 771. The van der Waals surface area contributed by atoms with Gasteiger partial charge in [-0.3, -0.25) is 9.78 Å². The van der Waals surface area contributed by atoms with Gasteiger partial charge in [0.05, 0.1) is 23.8 Å². The summed E-state index contributed by atoms with van der Waals surface area (Å²) in [6.07, 6.45) is 4.84. The van der Waals surface area contributed by atoms with Crippen molar-refractivity contribution in [3.63, 3.8) is 0 Å². The van der Waals surface area contributed by atoms with Crippen molar-refractivity contribution in [3.8, 4) is 0 Å². The van der Waals surface area contributed by atoms with Gasteiger partial charge in [0, 0.05) is 18.6 Å². The standard InChI is InChI=1S/C13H11N5OS/c1-18(8-3-2-5-15-7-8)13(19)11-10(14)9-4-6-16-17-12(9)20-11/h2-7H,14H2,1H3. The highest BCUT2D eigenvalue weighted by atomic mass is 32.1. The zero-order valence-corrected chi connectivity index (χ0v) is 11.5. The predicted octanol–water partition coefficient (Wildman–Crippen LogP) is 1.95. The molecule has 3 heterocycles. The third-order valence-corrected chi connectivity index (χ3v) is 4.05. The molecule has 0 radical (unpaired) electrons. The van der Waals surface area contributed by atoms with E-state index in [0.29, 0.717) is 21.1 Å². The lowest BCUT2D eigenvalue weighted by molar-refractivity contribution is 0.0997. The highest BCUT2D eigenvalue weighted by molar-refractivity contribution is 7.21. The van der Waals surface area contributed by atoms with Gasteiger partial charge in [0.15, 0.2) is 0 Å². The molecule has 7 heteroatoms. The van der Waals surface area contributed by atoms with E-state index in [1.807, 2.05) is 6.07 Å². The first kappa shape index (κ1) is 12.5. The summed E-state index contributed by atoms with van der Waals surface area (Å²) in [4.78, 5) is 19.2. The lowest BCUT2D eigenvalue weighted by Crippen LogP contribution is -2.26. The first-order chi connectivity index (χ1) is 9.68. The van der Waals surface area contributed by atoms with Crippen molar-refractivity contribution < 1.29 is 4.79 Å². The number of thiophene rings is 1. The second kappa shape index (κ2) is 4.86. The van der Waals surface area contributed by atoms with Crippen LogP contribution in [0.15, 0.2) is 36.8 Å². The van der Waals surface area contributed by atoms with Crippen LogP contribution in [0, 0.1) is 0 Å². The second-order valence-corrected chi connectivity index (χ2v) is 5.17. The van der Waals surface area contributed by atoms with Crippen LogP contribution >= 0.6 is 11.3 Å². The molecule has 2 N–H and O–H groups in total. The average Bonchev–Trinajstić information content (AvgIpc) is 2.84. The molecule has 0 aliphatic carbocycles. The monoisotopic (exact) mass is 285 g/mol. The molecule has 0 saturated carbocycles. The topological polar surface area (TPSA) is 85.0 Å². The summed E-state index contributed by atoms with van der Waals surface area (Å²) in [5.74, 6) is -0.182. The van der Waals surface area contributed by atoms with E-state index >= 15 is 0 Å². The van der Waals surface area contributed by atoms with Crippen LogP contribution in [0.1, 0.15) is 9.67 Å².